The van der Waals surface area contributed by atoms with Crippen LogP contribution in [0, 0.1) is 0 Å². The summed E-state index contributed by atoms with van der Waals surface area (Å²) in [4.78, 5) is 43.0. The quantitative estimate of drug-likeness (QED) is 0.588. The molecule has 0 unspecified atom stereocenters. The molecule has 0 bridgehead atoms. The van der Waals surface area contributed by atoms with Crippen LogP contribution in [0.3, 0.4) is 0 Å². The van der Waals surface area contributed by atoms with Gasteiger partial charge in [-0.1, -0.05) is 36.4 Å². The number of hydrogen-bond acceptors (Lipinski definition) is 6. The van der Waals surface area contributed by atoms with Gasteiger partial charge in [0.05, 0.1) is 29.3 Å². The van der Waals surface area contributed by atoms with E-state index in [1.807, 2.05) is 59.5 Å². The molecule has 1 saturated heterocycles. The number of rotatable bonds is 5. The number of nitrogens with zero attached hydrogens (tertiary/aromatic N) is 5. The van der Waals surface area contributed by atoms with Crippen LogP contribution in [0.25, 0.3) is 0 Å². The summed E-state index contributed by atoms with van der Waals surface area (Å²) in [6.07, 6.45) is 2.38. The second-order valence-electron chi connectivity index (χ2n) is 7.97. The summed E-state index contributed by atoms with van der Waals surface area (Å²) in [5.74, 6) is 0.0164. The molecule has 0 atom stereocenters. The van der Waals surface area contributed by atoms with Crippen LogP contribution in [-0.2, 0) is 6.42 Å². The van der Waals surface area contributed by atoms with Gasteiger partial charge in [0.1, 0.15) is 5.69 Å². The van der Waals surface area contributed by atoms with E-state index in [0.29, 0.717) is 50.5 Å². The van der Waals surface area contributed by atoms with Crippen LogP contribution >= 0.6 is 0 Å². The molecule has 0 spiro atoms. The van der Waals surface area contributed by atoms with E-state index >= 15 is 0 Å². The number of piperazine rings is 1. The number of Topliss-reactive ketones (excluding diaryl/α,β-unsaturated/α-hetero) is 1. The van der Waals surface area contributed by atoms with Gasteiger partial charge in [0, 0.05) is 44.4 Å². The molecule has 3 aromatic rings. The van der Waals surface area contributed by atoms with Crippen molar-refractivity contribution in [3.63, 3.8) is 0 Å². The van der Waals surface area contributed by atoms with Crippen molar-refractivity contribution in [3.05, 3.63) is 89.5 Å². The van der Waals surface area contributed by atoms with Crippen LogP contribution in [-0.4, -0.2) is 69.9 Å². The van der Waals surface area contributed by atoms with Gasteiger partial charge < -0.3 is 4.90 Å². The lowest BCUT2D eigenvalue weighted by Crippen LogP contribution is -2.50. The molecule has 2 aromatic heterocycles. The molecule has 7 nitrogen and oxygen atoms in total. The number of fused-ring (bicyclic) bond motifs is 1. The van der Waals surface area contributed by atoms with Gasteiger partial charge in [-0.25, -0.2) is 9.98 Å². The van der Waals surface area contributed by atoms with Crippen molar-refractivity contribution in [1.29, 1.82) is 0 Å². The van der Waals surface area contributed by atoms with Gasteiger partial charge in [-0.05, 0) is 24.3 Å². The fraction of sp³-hybridized carbons (Fsp3) is 0.240. The Bertz CT molecular complexity index is 1180. The number of carbonyl (C=O) groups excluding carboxylic acids is 2. The average molecular weight is 425 g/mol. The Morgan fingerprint density at radius 3 is 2.47 bits per heavy atom. The minimum atomic E-state index is -0.0878. The molecule has 0 saturated carbocycles. The second-order valence-corrected chi connectivity index (χ2v) is 7.97. The third kappa shape index (κ3) is 4.20. The molecule has 4 heterocycles. The fourth-order valence-corrected chi connectivity index (χ4v) is 4.06. The number of pyridine rings is 2. The molecule has 0 radical (unpaired) electrons. The first-order valence-electron chi connectivity index (χ1n) is 10.8. The Hall–Kier alpha value is -3.71. The molecule has 7 heteroatoms. The smallest absolute Gasteiger partial charge is 0.272 e. The standard InChI is InChI=1S/C25H23N5O2/c31-24(18-6-2-1-3-7-18)17-29-12-14-30(15-13-29)25(32)21-9-4-8-20(27-21)23-16-22-19(28-23)10-5-11-26-22/h1-11H,12-17H2. The van der Waals surface area contributed by atoms with Crippen LogP contribution < -0.4 is 0 Å². The van der Waals surface area contributed by atoms with Gasteiger partial charge >= 0.3 is 0 Å². The highest BCUT2D eigenvalue weighted by Crippen LogP contribution is 2.26. The van der Waals surface area contributed by atoms with Gasteiger partial charge in [-0.2, -0.15) is 0 Å². The molecule has 0 N–H and O–H groups in total. The highest BCUT2D eigenvalue weighted by Gasteiger charge is 2.25. The zero-order chi connectivity index (χ0) is 21.9. The SMILES string of the molecule is O=C(CN1CCN(C(=O)c2cccc(C3=Nc4cccnc4C3)n2)CC1)c1ccccc1. The number of benzene rings is 1. The number of aliphatic imine (C=N–C) groups is 1. The lowest BCUT2D eigenvalue weighted by atomic mass is 10.1. The van der Waals surface area contributed by atoms with E-state index in [1.54, 1.807) is 12.3 Å². The highest BCUT2D eigenvalue weighted by atomic mass is 16.2. The predicted molar refractivity (Wildman–Crippen MR) is 121 cm³/mol. The van der Waals surface area contributed by atoms with Crippen molar-refractivity contribution in [3.8, 4) is 0 Å². The Morgan fingerprint density at radius 2 is 1.69 bits per heavy atom. The lowest BCUT2D eigenvalue weighted by molar-refractivity contribution is 0.0619. The molecule has 160 valence electrons. The zero-order valence-corrected chi connectivity index (χ0v) is 17.6. The fourth-order valence-electron chi connectivity index (χ4n) is 4.06. The Kier molecular flexibility index (Phi) is 5.56. The van der Waals surface area contributed by atoms with Crippen molar-refractivity contribution in [2.45, 2.75) is 6.42 Å². The maximum Gasteiger partial charge on any atom is 0.272 e. The molecule has 1 amide bonds. The average Bonchev–Trinajstić information content (AvgIpc) is 3.29. The number of amides is 1. The molecular weight excluding hydrogens is 402 g/mol. The van der Waals surface area contributed by atoms with Crippen molar-refractivity contribution in [2.75, 3.05) is 32.7 Å². The Morgan fingerprint density at radius 1 is 0.875 bits per heavy atom. The summed E-state index contributed by atoms with van der Waals surface area (Å²) in [6, 6.07) is 18.6. The summed E-state index contributed by atoms with van der Waals surface area (Å²) in [6.45, 7) is 2.84. The molecule has 32 heavy (non-hydrogen) atoms. The van der Waals surface area contributed by atoms with Crippen LogP contribution in [0.5, 0.6) is 0 Å². The molecule has 0 aliphatic carbocycles. The lowest BCUT2D eigenvalue weighted by Gasteiger charge is -2.34. The van der Waals surface area contributed by atoms with Gasteiger partial charge in [0.2, 0.25) is 0 Å². The zero-order valence-electron chi connectivity index (χ0n) is 17.6. The van der Waals surface area contributed by atoms with Crippen molar-refractivity contribution >= 4 is 23.1 Å². The topological polar surface area (TPSA) is 78.8 Å². The summed E-state index contributed by atoms with van der Waals surface area (Å²) in [5, 5.41) is 0. The van der Waals surface area contributed by atoms with Crippen LogP contribution in [0.4, 0.5) is 5.69 Å². The molecule has 2 aliphatic heterocycles. The number of ketones is 1. The maximum atomic E-state index is 13.1. The molecule has 5 rings (SSSR count). The normalized spacial score (nSPS) is 15.9. The summed E-state index contributed by atoms with van der Waals surface area (Å²) < 4.78 is 0. The monoisotopic (exact) mass is 425 g/mol. The minimum Gasteiger partial charge on any atom is -0.335 e. The third-order valence-corrected chi connectivity index (χ3v) is 5.84. The predicted octanol–water partition coefficient (Wildman–Crippen LogP) is 2.79. The Labute approximate surface area is 186 Å². The molecule has 2 aliphatic rings. The molecule has 1 fully saturated rings. The first-order chi connectivity index (χ1) is 15.7. The summed E-state index contributed by atoms with van der Waals surface area (Å²) >= 11 is 0. The van der Waals surface area contributed by atoms with E-state index in [4.69, 9.17) is 0 Å². The van der Waals surface area contributed by atoms with Crippen molar-refractivity contribution < 1.29 is 9.59 Å². The Balaban J connectivity index is 1.21. The third-order valence-electron chi connectivity index (χ3n) is 5.84. The number of aromatic nitrogens is 2. The van der Waals surface area contributed by atoms with E-state index in [-0.39, 0.29) is 11.7 Å². The van der Waals surface area contributed by atoms with E-state index in [2.05, 4.69) is 19.9 Å². The maximum absolute atomic E-state index is 13.1. The molecule has 1 aromatic carbocycles. The van der Waals surface area contributed by atoms with Gasteiger partial charge in [-0.15, -0.1) is 0 Å². The van der Waals surface area contributed by atoms with E-state index in [1.165, 1.54) is 0 Å². The van der Waals surface area contributed by atoms with Crippen molar-refractivity contribution in [1.82, 2.24) is 19.8 Å². The van der Waals surface area contributed by atoms with Crippen LogP contribution in [0.2, 0.25) is 0 Å². The van der Waals surface area contributed by atoms with Gasteiger partial charge in [0.15, 0.2) is 5.78 Å². The highest BCUT2D eigenvalue weighted by molar-refractivity contribution is 6.05. The van der Waals surface area contributed by atoms with E-state index in [0.717, 1.165) is 22.7 Å². The minimum absolute atomic E-state index is 0.0878. The summed E-state index contributed by atoms with van der Waals surface area (Å²) in [5.41, 5.74) is 4.48. The number of carbonyl (C=O) groups is 2. The van der Waals surface area contributed by atoms with Crippen LogP contribution in [0.15, 0.2) is 71.9 Å². The van der Waals surface area contributed by atoms with Crippen molar-refractivity contribution in [2.24, 2.45) is 4.99 Å². The van der Waals surface area contributed by atoms with E-state index < -0.39 is 0 Å². The van der Waals surface area contributed by atoms with Gasteiger partial charge in [-0.3, -0.25) is 19.5 Å². The number of hydrogen-bond donors (Lipinski definition) is 0. The largest absolute Gasteiger partial charge is 0.335 e. The molecular formula is C25H23N5O2. The first-order valence-corrected chi connectivity index (χ1v) is 10.8. The van der Waals surface area contributed by atoms with Crippen LogP contribution in [0.1, 0.15) is 32.2 Å². The second kappa shape index (κ2) is 8.80. The summed E-state index contributed by atoms with van der Waals surface area (Å²) in [7, 11) is 0. The van der Waals surface area contributed by atoms with Gasteiger partial charge in [0.25, 0.3) is 5.91 Å². The first kappa shape index (κ1) is 20.2. The van der Waals surface area contributed by atoms with E-state index in [9.17, 15) is 9.59 Å².